The van der Waals surface area contributed by atoms with Crippen LogP contribution in [0.1, 0.15) is 16.2 Å². The third-order valence-electron chi connectivity index (χ3n) is 2.98. The number of nitrogens with one attached hydrogen (secondary N) is 1. The minimum Gasteiger partial charge on any atom is -0.319 e. The molecule has 0 atom stereocenters. The van der Waals surface area contributed by atoms with Crippen LogP contribution in [0.3, 0.4) is 0 Å². The summed E-state index contributed by atoms with van der Waals surface area (Å²) in [5.74, 6) is -0.539. The Hall–Kier alpha value is -2.81. The zero-order chi connectivity index (χ0) is 17.2. The topological polar surface area (TPSA) is 67.8 Å². The highest BCUT2D eigenvalue weighted by Gasteiger charge is 2.32. The average molecular weight is 350 g/mol. The van der Waals surface area contributed by atoms with Crippen LogP contribution in [0.2, 0.25) is 0 Å². The normalized spacial score (nSPS) is 11.3. The summed E-state index contributed by atoms with van der Waals surface area (Å²) in [6.07, 6.45) is -1.94. The van der Waals surface area contributed by atoms with Gasteiger partial charge in [0.2, 0.25) is 0 Å². The molecule has 1 N–H and O–H groups in total. The third-order valence-corrected chi connectivity index (χ3v) is 3.77. The fourth-order valence-electron chi connectivity index (χ4n) is 1.87. The average Bonchev–Trinajstić information content (AvgIpc) is 3.09. The zero-order valence-corrected chi connectivity index (χ0v) is 12.7. The van der Waals surface area contributed by atoms with E-state index in [9.17, 15) is 18.0 Å². The number of anilines is 1. The molecule has 0 bridgehead atoms. The van der Waals surface area contributed by atoms with Gasteiger partial charge in [0.1, 0.15) is 11.4 Å². The second-order valence-corrected chi connectivity index (χ2v) is 5.54. The molecule has 0 aliphatic carbocycles. The SMILES string of the molecule is O=C(Nc1ccc(C(F)(F)F)nc1)c1cccc(-c2cncs2)n1. The Morgan fingerprint density at radius 2 is 1.96 bits per heavy atom. The molecule has 24 heavy (non-hydrogen) atoms. The largest absolute Gasteiger partial charge is 0.433 e. The standard InChI is InChI=1S/C15H9F3N4OS/c16-15(17,18)13-5-4-9(6-20-13)21-14(23)11-3-1-2-10(22-11)12-7-19-8-24-12/h1-8H,(H,21,23). The highest BCUT2D eigenvalue weighted by molar-refractivity contribution is 7.13. The molecule has 3 aromatic heterocycles. The first-order valence-corrected chi connectivity index (χ1v) is 7.52. The smallest absolute Gasteiger partial charge is 0.319 e. The molecule has 0 aliphatic heterocycles. The predicted molar refractivity (Wildman–Crippen MR) is 82.5 cm³/mol. The molecule has 3 heterocycles. The van der Waals surface area contributed by atoms with Crippen molar-refractivity contribution in [1.29, 1.82) is 0 Å². The van der Waals surface area contributed by atoms with Crippen LogP contribution in [0.25, 0.3) is 10.6 Å². The highest BCUT2D eigenvalue weighted by Crippen LogP contribution is 2.28. The number of amides is 1. The van der Waals surface area contributed by atoms with Gasteiger partial charge in [0, 0.05) is 6.20 Å². The second kappa shape index (κ2) is 6.36. The number of rotatable bonds is 3. The van der Waals surface area contributed by atoms with E-state index >= 15 is 0 Å². The van der Waals surface area contributed by atoms with E-state index in [4.69, 9.17) is 0 Å². The van der Waals surface area contributed by atoms with Gasteiger partial charge in [-0.05, 0) is 24.3 Å². The summed E-state index contributed by atoms with van der Waals surface area (Å²) in [5, 5.41) is 2.47. The maximum atomic E-state index is 12.5. The lowest BCUT2D eigenvalue weighted by Crippen LogP contribution is -2.15. The number of hydrogen-bond donors (Lipinski definition) is 1. The number of halogens is 3. The third kappa shape index (κ3) is 3.57. The summed E-state index contributed by atoms with van der Waals surface area (Å²) in [7, 11) is 0. The molecule has 1 amide bonds. The van der Waals surface area contributed by atoms with Gasteiger partial charge in [-0.3, -0.25) is 9.78 Å². The quantitative estimate of drug-likeness (QED) is 0.779. The van der Waals surface area contributed by atoms with Gasteiger partial charge in [-0.25, -0.2) is 9.97 Å². The maximum Gasteiger partial charge on any atom is 0.433 e. The van der Waals surface area contributed by atoms with Crippen molar-refractivity contribution in [3.05, 3.63) is 59.6 Å². The highest BCUT2D eigenvalue weighted by atomic mass is 32.1. The minimum atomic E-state index is -4.52. The number of thiazole rings is 1. The molecule has 5 nitrogen and oxygen atoms in total. The van der Waals surface area contributed by atoms with E-state index in [1.165, 1.54) is 17.4 Å². The van der Waals surface area contributed by atoms with Crippen molar-refractivity contribution in [3.63, 3.8) is 0 Å². The number of nitrogens with zero attached hydrogens (tertiary/aromatic N) is 3. The maximum absolute atomic E-state index is 12.5. The lowest BCUT2D eigenvalue weighted by atomic mass is 10.2. The van der Waals surface area contributed by atoms with Gasteiger partial charge in [-0.2, -0.15) is 13.2 Å². The Morgan fingerprint density at radius 3 is 2.58 bits per heavy atom. The predicted octanol–water partition coefficient (Wildman–Crippen LogP) is 3.87. The van der Waals surface area contributed by atoms with Crippen molar-refractivity contribution in [2.75, 3.05) is 5.32 Å². The molecule has 3 aromatic rings. The van der Waals surface area contributed by atoms with Crippen LogP contribution in [0.5, 0.6) is 0 Å². The molecule has 0 aliphatic rings. The van der Waals surface area contributed by atoms with Crippen molar-refractivity contribution in [3.8, 4) is 10.6 Å². The van der Waals surface area contributed by atoms with E-state index in [1.54, 1.807) is 23.8 Å². The Bertz CT molecular complexity index is 848. The molecule has 0 unspecified atom stereocenters. The summed E-state index contributed by atoms with van der Waals surface area (Å²) in [4.78, 5) is 24.4. The van der Waals surface area contributed by atoms with E-state index in [2.05, 4.69) is 20.3 Å². The van der Waals surface area contributed by atoms with Crippen molar-refractivity contribution < 1.29 is 18.0 Å². The first kappa shape index (κ1) is 16.1. The molecule has 0 aromatic carbocycles. The van der Waals surface area contributed by atoms with E-state index in [1.807, 2.05) is 0 Å². The van der Waals surface area contributed by atoms with Crippen LogP contribution < -0.4 is 5.32 Å². The molecule has 0 radical (unpaired) electrons. The fraction of sp³-hybridized carbons (Fsp3) is 0.0667. The minimum absolute atomic E-state index is 0.140. The summed E-state index contributed by atoms with van der Waals surface area (Å²) < 4.78 is 37.4. The van der Waals surface area contributed by atoms with Gasteiger partial charge < -0.3 is 5.32 Å². The Balaban J connectivity index is 1.77. The van der Waals surface area contributed by atoms with Crippen LogP contribution in [-0.4, -0.2) is 20.9 Å². The van der Waals surface area contributed by atoms with E-state index in [0.717, 1.165) is 23.2 Å². The first-order valence-electron chi connectivity index (χ1n) is 6.64. The Kier molecular flexibility index (Phi) is 4.26. The van der Waals surface area contributed by atoms with Crippen molar-refractivity contribution >= 4 is 22.9 Å². The molecule has 122 valence electrons. The van der Waals surface area contributed by atoms with Crippen LogP contribution in [0.15, 0.2) is 48.2 Å². The number of carbonyl (C=O) groups excluding carboxylic acids is 1. The van der Waals surface area contributed by atoms with E-state index in [-0.39, 0.29) is 11.4 Å². The molecule has 9 heteroatoms. The number of hydrogen-bond acceptors (Lipinski definition) is 5. The molecule has 0 saturated carbocycles. The van der Waals surface area contributed by atoms with Gasteiger partial charge >= 0.3 is 6.18 Å². The van der Waals surface area contributed by atoms with Crippen LogP contribution in [0.4, 0.5) is 18.9 Å². The van der Waals surface area contributed by atoms with Gasteiger partial charge in [0.15, 0.2) is 0 Å². The Morgan fingerprint density at radius 1 is 1.12 bits per heavy atom. The van der Waals surface area contributed by atoms with Gasteiger partial charge in [0.25, 0.3) is 5.91 Å². The monoisotopic (exact) mass is 350 g/mol. The lowest BCUT2D eigenvalue weighted by Gasteiger charge is -2.08. The number of alkyl halides is 3. The number of aromatic nitrogens is 3. The van der Waals surface area contributed by atoms with E-state index < -0.39 is 17.8 Å². The lowest BCUT2D eigenvalue weighted by molar-refractivity contribution is -0.141. The first-order chi connectivity index (χ1) is 11.4. The molecule has 0 spiro atoms. The van der Waals surface area contributed by atoms with Crippen molar-refractivity contribution in [2.24, 2.45) is 0 Å². The van der Waals surface area contributed by atoms with Crippen molar-refractivity contribution in [1.82, 2.24) is 15.0 Å². The Labute approximate surface area is 138 Å². The van der Waals surface area contributed by atoms with Gasteiger partial charge in [0.05, 0.1) is 28.0 Å². The molecule has 0 saturated heterocycles. The number of pyridine rings is 2. The van der Waals surface area contributed by atoms with Crippen LogP contribution >= 0.6 is 11.3 Å². The van der Waals surface area contributed by atoms with Gasteiger partial charge in [-0.1, -0.05) is 6.07 Å². The molecular formula is C15H9F3N4OS. The summed E-state index contributed by atoms with van der Waals surface area (Å²) >= 11 is 1.38. The van der Waals surface area contributed by atoms with Crippen molar-refractivity contribution in [2.45, 2.75) is 6.18 Å². The number of carbonyl (C=O) groups is 1. The second-order valence-electron chi connectivity index (χ2n) is 4.66. The van der Waals surface area contributed by atoms with Crippen LogP contribution in [-0.2, 0) is 6.18 Å². The van der Waals surface area contributed by atoms with Gasteiger partial charge in [-0.15, -0.1) is 11.3 Å². The fourth-order valence-corrected chi connectivity index (χ4v) is 2.46. The molecule has 3 rings (SSSR count). The zero-order valence-electron chi connectivity index (χ0n) is 11.9. The summed E-state index contributed by atoms with van der Waals surface area (Å²) in [6.45, 7) is 0. The summed E-state index contributed by atoms with van der Waals surface area (Å²) in [5.41, 5.74) is 1.51. The summed E-state index contributed by atoms with van der Waals surface area (Å²) in [6, 6.07) is 6.86. The van der Waals surface area contributed by atoms with E-state index in [0.29, 0.717) is 5.69 Å². The molecular weight excluding hydrogens is 341 g/mol. The van der Waals surface area contributed by atoms with Crippen LogP contribution in [0, 0.1) is 0 Å². The molecule has 0 fully saturated rings.